The molecule has 37 heavy (non-hydrogen) atoms. The van der Waals surface area contributed by atoms with E-state index in [4.69, 9.17) is 4.74 Å². The average molecular weight is 499 g/mol. The number of pyridine rings is 1. The number of benzene rings is 2. The monoisotopic (exact) mass is 498 g/mol. The van der Waals surface area contributed by atoms with Crippen molar-refractivity contribution in [2.24, 2.45) is 5.92 Å². The summed E-state index contributed by atoms with van der Waals surface area (Å²) in [4.78, 5) is 31.9. The highest BCUT2D eigenvalue weighted by Gasteiger charge is 2.30. The molecule has 5 aliphatic heterocycles. The van der Waals surface area contributed by atoms with E-state index in [1.807, 2.05) is 36.1 Å². The molecule has 6 heterocycles. The molecule has 1 aromatic heterocycles. The Kier molecular flexibility index (Phi) is 7.26. The van der Waals surface area contributed by atoms with Gasteiger partial charge in [-0.05, 0) is 84.5 Å². The van der Waals surface area contributed by atoms with Crippen LogP contribution in [0.25, 0.3) is 0 Å². The van der Waals surface area contributed by atoms with E-state index in [0.29, 0.717) is 31.1 Å². The van der Waals surface area contributed by atoms with E-state index in [0.717, 1.165) is 54.4 Å². The van der Waals surface area contributed by atoms with Crippen LogP contribution in [0.4, 0.5) is 0 Å². The Bertz CT molecular complexity index is 1300. The highest BCUT2D eigenvalue weighted by atomic mass is 16.5. The van der Waals surface area contributed by atoms with Crippen LogP contribution in [0.1, 0.15) is 75.8 Å². The maximum Gasteiger partial charge on any atom is 0.307 e. The zero-order valence-electron chi connectivity index (χ0n) is 21.6. The Balaban J connectivity index is 1.54. The van der Waals surface area contributed by atoms with Crippen LogP contribution in [0.5, 0.6) is 5.88 Å². The highest BCUT2D eigenvalue weighted by molar-refractivity contribution is 5.94. The molecule has 1 N–H and O–H groups in total. The molecule has 5 aliphatic rings. The van der Waals surface area contributed by atoms with E-state index < -0.39 is 11.9 Å². The number of hydrogen-bond donors (Lipinski definition) is 1. The van der Waals surface area contributed by atoms with Crippen molar-refractivity contribution < 1.29 is 19.4 Å². The van der Waals surface area contributed by atoms with E-state index in [-0.39, 0.29) is 11.8 Å². The third-order valence-electron chi connectivity index (χ3n) is 7.80. The number of hydrogen-bond acceptors (Lipinski definition) is 4. The van der Waals surface area contributed by atoms with Gasteiger partial charge in [0.25, 0.3) is 5.91 Å². The van der Waals surface area contributed by atoms with Gasteiger partial charge in [0.1, 0.15) is 0 Å². The number of amides is 1. The van der Waals surface area contributed by atoms with Crippen LogP contribution in [0.3, 0.4) is 0 Å². The summed E-state index contributed by atoms with van der Waals surface area (Å²) in [5.41, 5.74) is 7.01. The number of aromatic nitrogens is 1. The molecule has 0 radical (unpaired) electrons. The Morgan fingerprint density at radius 1 is 1.05 bits per heavy atom. The van der Waals surface area contributed by atoms with Crippen molar-refractivity contribution in [3.8, 4) is 5.88 Å². The van der Waals surface area contributed by atoms with Crippen LogP contribution >= 0.6 is 0 Å². The molecular formula is C31H34N2O4. The predicted molar refractivity (Wildman–Crippen MR) is 142 cm³/mol. The molecule has 6 heteroatoms. The fourth-order valence-corrected chi connectivity index (χ4v) is 5.55. The summed E-state index contributed by atoms with van der Waals surface area (Å²) >= 11 is 0. The topological polar surface area (TPSA) is 79.7 Å². The van der Waals surface area contributed by atoms with Crippen LogP contribution in [-0.2, 0) is 24.2 Å². The lowest BCUT2D eigenvalue weighted by molar-refractivity contribution is -0.141. The normalized spacial score (nSPS) is 18.8. The molecule has 3 aromatic rings. The van der Waals surface area contributed by atoms with E-state index in [2.05, 4.69) is 29.2 Å². The summed E-state index contributed by atoms with van der Waals surface area (Å²) in [6.07, 6.45) is 6.56. The fraction of sp³-hybridized carbons (Fsp3) is 0.387. The maximum absolute atomic E-state index is 13.3. The van der Waals surface area contributed by atoms with Gasteiger partial charge in [-0.1, -0.05) is 37.3 Å². The van der Waals surface area contributed by atoms with E-state index in [9.17, 15) is 14.7 Å². The van der Waals surface area contributed by atoms with Gasteiger partial charge in [-0.25, -0.2) is 4.98 Å². The minimum Gasteiger partial charge on any atom is -0.481 e. The molecule has 1 amide bonds. The summed E-state index contributed by atoms with van der Waals surface area (Å²) < 4.78 is 5.92. The molecule has 0 aliphatic carbocycles. The van der Waals surface area contributed by atoms with Crippen molar-refractivity contribution in [1.29, 1.82) is 0 Å². The Hall–Kier alpha value is -3.67. The molecule has 2 aromatic carbocycles. The van der Waals surface area contributed by atoms with Gasteiger partial charge < -0.3 is 14.7 Å². The van der Waals surface area contributed by atoms with Gasteiger partial charge in [-0.3, -0.25) is 9.59 Å². The standard InChI is InChI=1S/C31H34N2O4/c1-20-16-28-32-18-27(20)29(21(2)31(35)36)25-12-11-23-13-14-33(19-26(23)17-25)30(34)24-9-7-22(8-10-24)6-4-3-5-15-37-28/h7-12,16-18,21,29H,3-6,13-15,19H2,1-2H3,(H,35,36)/t21-,29-/m1/s1. The van der Waals surface area contributed by atoms with Gasteiger partial charge in [-0.2, -0.15) is 0 Å². The number of carbonyl (C=O) groups is 2. The molecule has 0 spiro atoms. The third-order valence-corrected chi connectivity index (χ3v) is 7.80. The van der Waals surface area contributed by atoms with Crippen molar-refractivity contribution in [2.45, 2.75) is 58.4 Å². The number of aryl methyl sites for hydroxylation is 2. The summed E-state index contributed by atoms with van der Waals surface area (Å²) in [6, 6.07) is 16.2. The molecule has 0 unspecified atom stereocenters. The first-order chi connectivity index (χ1) is 17.9. The minimum atomic E-state index is -0.853. The minimum absolute atomic E-state index is 0.0386. The molecule has 8 rings (SSSR count). The summed E-state index contributed by atoms with van der Waals surface area (Å²) in [7, 11) is 0. The number of ether oxygens (including phenoxy) is 1. The number of rotatable bonds is 2. The zero-order valence-corrected chi connectivity index (χ0v) is 21.6. The van der Waals surface area contributed by atoms with Gasteiger partial charge in [-0.15, -0.1) is 0 Å². The Morgan fingerprint density at radius 2 is 1.86 bits per heavy atom. The van der Waals surface area contributed by atoms with Crippen LogP contribution in [0, 0.1) is 12.8 Å². The fourth-order valence-electron chi connectivity index (χ4n) is 5.55. The molecule has 0 saturated heterocycles. The lowest BCUT2D eigenvalue weighted by Gasteiger charge is -2.31. The Labute approximate surface area is 218 Å². The smallest absolute Gasteiger partial charge is 0.307 e. The van der Waals surface area contributed by atoms with Crippen LogP contribution in [-0.4, -0.2) is 40.0 Å². The van der Waals surface area contributed by atoms with Crippen molar-refractivity contribution in [2.75, 3.05) is 13.2 Å². The lowest BCUT2D eigenvalue weighted by Crippen LogP contribution is -2.36. The number of carbonyl (C=O) groups excluding carboxylic acids is 1. The van der Waals surface area contributed by atoms with Gasteiger partial charge in [0.05, 0.1) is 12.5 Å². The SMILES string of the molecule is Cc1cc2ncc1[C@H]([C@@H](C)C(=O)O)c1ccc3c(c1)CN(CC3)C(=O)c1ccc(cc1)CCCCCO2. The van der Waals surface area contributed by atoms with Crippen LogP contribution in [0.2, 0.25) is 0 Å². The summed E-state index contributed by atoms with van der Waals surface area (Å²) in [6.45, 7) is 5.52. The number of carboxylic acids is 1. The van der Waals surface area contributed by atoms with Gasteiger partial charge >= 0.3 is 5.97 Å². The van der Waals surface area contributed by atoms with E-state index in [1.165, 1.54) is 11.1 Å². The van der Waals surface area contributed by atoms with E-state index >= 15 is 0 Å². The van der Waals surface area contributed by atoms with Crippen molar-refractivity contribution >= 4 is 11.9 Å². The first kappa shape index (κ1) is 25.0. The second-order valence-corrected chi connectivity index (χ2v) is 10.3. The average Bonchev–Trinajstić information content (AvgIpc) is 2.90. The Morgan fingerprint density at radius 3 is 2.62 bits per heavy atom. The van der Waals surface area contributed by atoms with Crippen molar-refractivity contribution in [3.63, 3.8) is 0 Å². The van der Waals surface area contributed by atoms with Crippen LogP contribution in [0.15, 0.2) is 54.7 Å². The number of nitrogens with zero attached hydrogens (tertiary/aromatic N) is 2. The van der Waals surface area contributed by atoms with Gasteiger partial charge in [0.15, 0.2) is 0 Å². The van der Waals surface area contributed by atoms with E-state index in [1.54, 1.807) is 13.1 Å². The quantitative estimate of drug-likeness (QED) is 0.501. The number of carboxylic acid groups (broad SMARTS) is 1. The third kappa shape index (κ3) is 5.38. The first-order valence-corrected chi connectivity index (χ1v) is 13.2. The molecule has 7 bridgehead atoms. The van der Waals surface area contributed by atoms with Crippen LogP contribution < -0.4 is 4.74 Å². The zero-order chi connectivity index (χ0) is 25.9. The lowest BCUT2D eigenvalue weighted by atomic mass is 9.79. The molecule has 192 valence electrons. The summed E-state index contributed by atoms with van der Waals surface area (Å²) in [5.74, 6) is -1.25. The molecule has 2 atom stereocenters. The van der Waals surface area contributed by atoms with Gasteiger partial charge in [0, 0.05) is 36.8 Å². The maximum atomic E-state index is 13.3. The first-order valence-electron chi connectivity index (χ1n) is 13.2. The molecule has 6 nitrogen and oxygen atoms in total. The second kappa shape index (κ2) is 10.8. The van der Waals surface area contributed by atoms with Gasteiger partial charge in [0.2, 0.25) is 5.88 Å². The van der Waals surface area contributed by atoms with Crippen molar-refractivity contribution in [1.82, 2.24) is 9.88 Å². The largest absolute Gasteiger partial charge is 0.481 e. The molecular weight excluding hydrogens is 464 g/mol. The number of aliphatic carboxylic acids is 1. The highest BCUT2D eigenvalue weighted by Crippen LogP contribution is 2.36. The second-order valence-electron chi connectivity index (χ2n) is 10.3. The molecule has 0 saturated carbocycles. The summed E-state index contributed by atoms with van der Waals surface area (Å²) in [5, 5.41) is 9.97. The molecule has 0 fully saturated rings. The van der Waals surface area contributed by atoms with Crippen molar-refractivity contribution in [3.05, 3.63) is 93.7 Å². The predicted octanol–water partition coefficient (Wildman–Crippen LogP) is 5.55.